The van der Waals surface area contributed by atoms with Gasteiger partial charge < -0.3 is 15.2 Å². The number of carboxylic acid groups (broad SMARTS) is 1. The molecule has 21 heavy (non-hydrogen) atoms. The second-order valence-electron chi connectivity index (χ2n) is 7.91. The highest BCUT2D eigenvalue weighted by Crippen LogP contribution is 2.36. The average Bonchev–Trinajstić information content (AvgIpc) is 2.35. The van der Waals surface area contributed by atoms with E-state index >= 15 is 0 Å². The van der Waals surface area contributed by atoms with Gasteiger partial charge in [-0.25, -0.2) is 0 Å². The van der Waals surface area contributed by atoms with E-state index in [1.807, 2.05) is 0 Å². The zero-order chi connectivity index (χ0) is 15.9. The van der Waals surface area contributed by atoms with Gasteiger partial charge in [-0.2, -0.15) is 0 Å². The first-order valence-corrected chi connectivity index (χ1v) is 7.96. The highest BCUT2D eigenvalue weighted by molar-refractivity contribution is 5.79. The molecule has 0 aromatic heterocycles. The molecule has 1 aliphatic heterocycles. The Kier molecular flexibility index (Phi) is 4.40. The van der Waals surface area contributed by atoms with Crippen molar-refractivity contribution in [1.82, 2.24) is 10.2 Å². The molecule has 2 unspecified atom stereocenters. The molecule has 1 heterocycles. The lowest BCUT2D eigenvalue weighted by molar-refractivity contribution is -0.191. The molecule has 5 heteroatoms. The van der Waals surface area contributed by atoms with Gasteiger partial charge in [0.05, 0.1) is 11.2 Å². The molecular weight excluding hydrogens is 268 g/mol. The summed E-state index contributed by atoms with van der Waals surface area (Å²) in [4.78, 5) is 14.1. The van der Waals surface area contributed by atoms with Crippen molar-refractivity contribution < 1.29 is 14.6 Å². The van der Waals surface area contributed by atoms with Crippen molar-refractivity contribution in [2.75, 3.05) is 20.1 Å². The highest BCUT2D eigenvalue weighted by Gasteiger charge is 2.46. The highest BCUT2D eigenvalue weighted by atomic mass is 16.5. The Morgan fingerprint density at radius 3 is 2.29 bits per heavy atom. The van der Waals surface area contributed by atoms with Crippen molar-refractivity contribution in [2.24, 2.45) is 0 Å². The summed E-state index contributed by atoms with van der Waals surface area (Å²) in [6.07, 6.45) is 3.41. The summed E-state index contributed by atoms with van der Waals surface area (Å²) in [7, 11) is 1.77. The molecule has 2 rings (SSSR count). The largest absolute Gasteiger partial charge is 0.480 e. The van der Waals surface area contributed by atoms with Crippen LogP contribution in [0.4, 0.5) is 0 Å². The Morgan fingerprint density at radius 1 is 1.24 bits per heavy atom. The van der Waals surface area contributed by atoms with Crippen molar-refractivity contribution in [2.45, 2.75) is 76.2 Å². The van der Waals surface area contributed by atoms with Gasteiger partial charge in [-0.3, -0.25) is 9.69 Å². The second-order valence-corrected chi connectivity index (χ2v) is 7.91. The van der Waals surface area contributed by atoms with Crippen LogP contribution in [0.1, 0.15) is 53.4 Å². The number of ether oxygens (including phenoxy) is 1. The third-order valence-corrected chi connectivity index (χ3v) is 4.85. The second kappa shape index (κ2) is 5.52. The fraction of sp³-hybridized carbons (Fsp3) is 0.938. The molecule has 1 saturated heterocycles. The number of morpholine rings is 1. The van der Waals surface area contributed by atoms with E-state index in [9.17, 15) is 9.90 Å². The molecule has 0 amide bonds. The Morgan fingerprint density at radius 2 is 1.81 bits per heavy atom. The fourth-order valence-electron chi connectivity index (χ4n) is 4.19. The molecule has 0 bridgehead atoms. The van der Waals surface area contributed by atoms with E-state index in [1.165, 1.54) is 0 Å². The Labute approximate surface area is 128 Å². The quantitative estimate of drug-likeness (QED) is 0.833. The van der Waals surface area contributed by atoms with E-state index in [0.717, 1.165) is 25.9 Å². The predicted molar refractivity (Wildman–Crippen MR) is 82.5 cm³/mol. The van der Waals surface area contributed by atoms with Crippen LogP contribution in [0.3, 0.4) is 0 Å². The fourth-order valence-corrected chi connectivity index (χ4v) is 4.19. The van der Waals surface area contributed by atoms with Crippen LogP contribution in [0, 0.1) is 0 Å². The summed E-state index contributed by atoms with van der Waals surface area (Å²) in [5.74, 6) is -0.721. The van der Waals surface area contributed by atoms with Crippen LogP contribution in [0.15, 0.2) is 0 Å². The van der Waals surface area contributed by atoms with Gasteiger partial charge in [0.2, 0.25) is 0 Å². The van der Waals surface area contributed by atoms with Crippen molar-refractivity contribution in [1.29, 1.82) is 0 Å². The number of nitrogens with zero attached hydrogens (tertiary/aromatic N) is 1. The molecule has 0 aromatic rings. The van der Waals surface area contributed by atoms with Gasteiger partial charge >= 0.3 is 5.97 Å². The smallest absolute Gasteiger partial charge is 0.323 e. The number of carboxylic acids is 1. The van der Waals surface area contributed by atoms with Gasteiger partial charge in [0, 0.05) is 19.1 Å². The Balaban J connectivity index is 2.15. The molecule has 1 aliphatic carbocycles. The molecule has 2 fully saturated rings. The van der Waals surface area contributed by atoms with E-state index in [1.54, 1.807) is 7.05 Å². The zero-order valence-electron chi connectivity index (χ0n) is 14.0. The van der Waals surface area contributed by atoms with Crippen LogP contribution >= 0.6 is 0 Å². The molecule has 2 atom stereocenters. The maximum Gasteiger partial charge on any atom is 0.323 e. The molecule has 0 spiro atoms. The first-order chi connectivity index (χ1) is 9.59. The summed E-state index contributed by atoms with van der Waals surface area (Å²) >= 11 is 0. The lowest BCUT2D eigenvalue weighted by Gasteiger charge is -2.52. The minimum absolute atomic E-state index is 0.190. The maximum absolute atomic E-state index is 11.7. The van der Waals surface area contributed by atoms with E-state index in [2.05, 4.69) is 37.9 Å². The van der Waals surface area contributed by atoms with Crippen LogP contribution in [-0.2, 0) is 9.53 Å². The first-order valence-electron chi connectivity index (χ1n) is 7.96. The monoisotopic (exact) mass is 298 g/mol. The van der Waals surface area contributed by atoms with Crippen LogP contribution in [0.25, 0.3) is 0 Å². The van der Waals surface area contributed by atoms with Crippen LogP contribution in [-0.4, -0.2) is 58.9 Å². The summed E-state index contributed by atoms with van der Waals surface area (Å²) in [6.45, 7) is 10.2. The molecule has 2 aliphatic rings. The number of hydrogen-bond donors (Lipinski definition) is 2. The maximum atomic E-state index is 11.7. The minimum atomic E-state index is -0.768. The molecule has 0 aromatic carbocycles. The van der Waals surface area contributed by atoms with Crippen LogP contribution in [0.2, 0.25) is 0 Å². The van der Waals surface area contributed by atoms with Gasteiger partial charge in [0.25, 0.3) is 0 Å². The van der Waals surface area contributed by atoms with E-state index in [4.69, 9.17) is 4.74 Å². The third kappa shape index (κ3) is 3.58. The van der Waals surface area contributed by atoms with E-state index in [0.29, 0.717) is 18.9 Å². The van der Waals surface area contributed by atoms with Crippen LogP contribution in [0.5, 0.6) is 0 Å². The van der Waals surface area contributed by atoms with Gasteiger partial charge in [0.15, 0.2) is 0 Å². The number of rotatable bonds is 3. The van der Waals surface area contributed by atoms with Crippen molar-refractivity contribution in [3.05, 3.63) is 0 Å². The standard InChI is InChI=1S/C16H30N2O3/c1-14(2)10-18(11-15(3,4)21-14)12-7-6-8-16(9-12,17-5)13(19)20/h12,17H,6-11H2,1-5H3,(H,19,20). The predicted octanol–water partition coefficient (Wildman–Crippen LogP) is 1.86. The SMILES string of the molecule is CNC1(C(=O)O)CCCC(N2CC(C)(C)OC(C)(C)C2)C1. The summed E-state index contributed by atoms with van der Waals surface area (Å²) in [5.41, 5.74) is -1.15. The number of carbonyl (C=O) groups is 1. The Bertz CT molecular complexity index is 392. The molecule has 2 N–H and O–H groups in total. The lowest BCUT2D eigenvalue weighted by atomic mass is 9.77. The third-order valence-electron chi connectivity index (χ3n) is 4.85. The van der Waals surface area contributed by atoms with Gasteiger partial charge in [-0.15, -0.1) is 0 Å². The number of aliphatic carboxylic acids is 1. The summed E-state index contributed by atoms with van der Waals surface area (Å²) in [5, 5.41) is 12.7. The van der Waals surface area contributed by atoms with Crippen molar-refractivity contribution in [3.63, 3.8) is 0 Å². The van der Waals surface area contributed by atoms with Gasteiger partial charge in [-0.05, 0) is 60.4 Å². The molecular formula is C16H30N2O3. The number of likely N-dealkylation sites (N-methyl/N-ethyl adjacent to an activating group) is 1. The van der Waals surface area contributed by atoms with E-state index < -0.39 is 11.5 Å². The topological polar surface area (TPSA) is 61.8 Å². The van der Waals surface area contributed by atoms with E-state index in [-0.39, 0.29) is 11.2 Å². The number of nitrogens with one attached hydrogen (secondary N) is 1. The molecule has 122 valence electrons. The average molecular weight is 298 g/mol. The normalized spacial score (nSPS) is 36.3. The lowest BCUT2D eigenvalue weighted by Crippen LogP contribution is -2.63. The summed E-state index contributed by atoms with van der Waals surface area (Å²) in [6, 6.07) is 0.310. The first kappa shape index (κ1) is 16.7. The van der Waals surface area contributed by atoms with Crippen molar-refractivity contribution in [3.8, 4) is 0 Å². The molecule has 5 nitrogen and oxygen atoms in total. The van der Waals surface area contributed by atoms with Crippen LogP contribution < -0.4 is 5.32 Å². The number of hydrogen-bond acceptors (Lipinski definition) is 4. The minimum Gasteiger partial charge on any atom is -0.480 e. The van der Waals surface area contributed by atoms with Gasteiger partial charge in [-0.1, -0.05) is 0 Å². The molecule has 1 saturated carbocycles. The zero-order valence-corrected chi connectivity index (χ0v) is 14.0. The van der Waals surface area contributed by atoms with Gasteiger partial charge in [0.1, 0.15) is 5.54 Å². The Hall–Kier alpha value is -0.650. The molecule has 0 radical (unpaired) electrons. The van der Waals surface area contributed by atoms with Crippen molar-refractivity contribution >= 4 is 5.97 Å². The summed E-state index contributed by atoms with van der Waals surface area (Å²) < 4.78 is 6.13.